The molecule has 0 aliphatic rings. The van der Waals surface area contributed by atoms with E-state index in [4.69, 9.17) is 10.3 Å². The molecule has 1 aromatic rings. The van der Waals surface area contributed by atoms with Gasteiger partial charge in [0.05, 0.1) is 11.9 Å². The largest absolute Gasteiger partial charge is 0.361 e. The summed E-state index contributed by atoms with van der Waals surface area (Å²) in [6, 6.07) is 2.19. The molecule has 0 aliphatic carbocycles. The summed E-state index contributed by atoms with van der Waals surface area (Å²) in [6.45, 7) is 2.02. The molecule has 1 atom stereocenters. The molecule has 1 rings (SSSR count). The Morgan fingerprint density at radius 1 is 1.75 bits per heavy atom. The molecule has 2 N–H and O–H groups in total. The summed E-state index contributed by atoms with van der Waals surface area (Å²) in [6.07, 6.45) is 2.72. The van der Waals surface area contributed by atoms with Crippen molar-refractivity contribution in [3.8, 4) is 0 Å². The molecular formula is C8H14N2OS. The quantitative estimate of drug-likeness (QED) is 0.710. The monoisotopic (exact) mass is 186 g/mol. The molecule has 0 aromatic carbocycles. The smallest absolute Gasteiger partial charge is 0.146 e. The van der Waals surface area contributed by atoms with Gasteiger partial charge in [0, 0.05) is 12.1 Å². The van der Waals surface area contributed by atoms with E-state index in [9.17, 15) is 0 Å². The van der Waals surface area contributed by atoms with E-state index in [1.165, 1.54) is 0 Å². The maximum Gasteiger partial charge on any atom is 0.146 e. The number of hydrogen-bond acceptors (Lipinski definition) is 4. The van der Waals surface area contributed by atoms with Crippen molar-refractivity contribution in [1.82, 2.24) is 5.16 Å². The lowest BCUT2D eigenvalue weighted by atomic mass is 10.3. The lowest BCUT2D eigenvalue weighted by molar-refractivity contribution is 0.395. The first-order valence-electron chi connectivity index (χ1n) is 4.02. The van der Waals surface area contributed by atoms with Crippen LogP contribution in [0.2, 0.25) is 0 Å². The zero-order chi connectivity index (χ0) is 8.81. The van der Waals surface area contributed by atoms with Gasteiger partial charge in [-0.05, 0) is 19.1 Å². The van der Waals surface area contributed by atoms with Crippen molar-refractivity contribution in [2.75, 3.05) is 5.75 Å². The molecule has 0 radical (unpaired) electrons. The first kappa shape index (κ1) is 9.61. The zero-order valence-electron chi connectivity index (χ0n) is 7.19. The normalized spacial score (nSPS) is 13.2. The van der Waals surface area contributed by atoms with Gasteiger partial charge in [-0.3, -0.25) is 0 Å². The Labute approximate surface area is 76.7 Å². The van der Waals surface area contributed by atoms with Crippen molar-refractivity contribution in [1.29, 1.82) is 0 Å². The molecule has 12 heavy (non-hydrogen) atoms. The maximum atomic E-state index is 5.60. The Morgan fingerprint density at radius 3 is 3.17 bits per heavy atom. The van der Waals surface area contributed by atoms with Gasteiger partial charge >= 0.3 is 0 Å². The molecule has 1 heterocycles. The van der Waals surface area contributed by atoms with Crippen LogP contribution in [0, 0.1) is 0 Å². The summed E-state index contributed by atoms with van der Waals surface area (Å²) < 4.78 is 4.94. The van der Waals surface area contributed by atoms with Crippen LogP contribution in [-0.4, -0.2) is 17.0 Å². The summed E-state index contributed by atoms with van der Waals surface area (Å²) in [4.78, 5) is 0. The molecule has 4 heteroatoms. The van der Waals surface area contributed by atoms with E-state index in [0.717, 1.165) is 23.7 Å². The highest BCUT2D eigenvalue weighted by Gasteiger charge is 1.98. The molecule has 0 spiro atoms. The second-order valence-electron chi connectivity index (χ2n) is 2.80. The average Bonchev–Trinajstić information content (AvgIpc) is 2.49. The van der Waals surface area contributed by atoms with Crippen molar-refractivity contribution in [2.24, 2.45) is 5.73 Å². The van der Waals surface area contributed by atoms with Gasteiger partial charge in [-0.1, -0.05) is 5.16 Å². The van der Waals surface area contributed by atoms with Crippen LogP contribution in [0.15, 0.2) is 16.8 Å². The highest BCUT2D eigenvalue weighted by atomic mass is 32.2. The van der Waals surface area contributed by atoms with Gasteiger partial charge in [0.2, 0.25) is 0 Å². The number of nitrogens with two attached hydrogens (primary N) is 1. The molecule has 0 aliphatic heterocycles. The van der Waals surface area contributed by atoms with Crippen LogP contribution in [-0.2, 0) is 5.75 Å². The molecular weight excluding hydrogens is 172 g/mol. The summed E-state index contributed by atoms with van der Waals surface area (Å²) in [5.41, 5.74) is 5.60. The lowest BCUT2D eigenvalue weighted by Crippen LogP contribution is -2.15. The van der Waals surface area contributed by atoms with E-state index in [2.05, 4.69) is 5.16 Å². The number of nitrogens with zero attached hydrogens (tertiary/aromatic N) is 1. The highest BCUT2D eigenvalue weighted by Crippen LogP contribution is 2.12. The molecule has 0 fully saturated rings. The van der Waals surface area contributed by atoms with Gasteiger partial charge in [-0.2, -0.15) is 11.8 Å². The number of thioether (sulfide) groups is 1. The Kier molecular flexibility index (Phi) is 4.18. The van der Waals surface area contributed by atoms with Gasteiger partial charge in [0.25, 0.3) is 0 Å². The van der Waals surface area contributed by atoms with Crippen LogP contribution in [0.1, 0.15) is 19.1 Å². The molecule has 0 bridgehead atoms. The molecule has 0 amide bonds. The van der Waals surface area contributed by atoms with E-state index in [1.807, 2.05) is 24.8 Å². The summed E-state index contributed by atoms with van der Waals surface area (Å²) >= 11 is 1.83. The minimum atomic E-state index is 0.298. The predicted octanol–water partition coefficient (Wildman–Crippen LogP) is 1.65. The van der Waals surface area contributed by atoms with Crippen LogP contribution in [0.5, 0.6) is 0 Å². The standard InChI is InChI=1S/C8H14N2OS/c1-7(9)3-5-12-6-8-2-4-10-11-8/h2,4,7H,3,5-6,9H2,1H3. The third-order valence-electron chi connectivity index (χ3n) is 1.45. The van der Waals surface area contributed by atoms with Crippen molar-refractivity contribution < 1.29 is 4.52 Å². The Balaban J connectivity index is 2.04. The second kappa shape index (κ2) is 5.22. The summed E-state index contributed by atoms with van der Waals surface area (Å²) in [7, 11) is 0. The summed E-state index contributed by atoms with van der Waals surface area (Å²) in [5, 5.41) is 3.62. The van der Waals surface area contributed by atoms with Crippen molar-refractivity contribution >= 4 is 11.8 Å². The average molecular weight is 186 g/mol. The fourth-order valence-corrected chi connectivity index (χ4v) is 1.79. The van der Waals surface area contributed by atoms with Crippen LogP contribution in [0.25, 0.3) is 0 Å². The van der Waals surface area contributed by atoms with E-state index >= 15 is 0 Å². The van der Waals surface area contributed by atoms with E-state index < -0.39 is 0 Å². The third-order valence-corrected chi connectivity index (χ3v) is 2.47. The van der Waals surface area contributed by atoms with Crippen molar-refractivity contribution in [3.05, 3.63) is 18.0 Å². The SMILES string of the molecule is CC(N)CCSCc1ccno1. The zero-order valence-corrected chi connectivity index (χ0v) is 8.01. The van der Waals surface area contributed by atoms with E-state index in [1.54, 1.807) is 6.20 Å². The van der Waals surface area contributed by atoms with Crippen LogP contribution in [0.4, 0.5) is 0 Å². The Hall–Kier alpha value is -0.480. The molecule has 1 unspecified atom stereocenters. The number of rotatable bonds is 5. The van der Waals surface area contributed by atoms with Crippen molar-refractivity contribution in [2.45, 2.75) is 25.1 Å². The fourth-order valence-electron chi connectivity index (χ4n) is 0.759. The van der Waals surface area contributed by atoms with Gasteiger partial charge in [0.15, 0.2) is 0 Å². The first-order valence-corrected chi connectivity index (χ1v) is 5.17. The van der Waals surface area contributed by atoms with E-state index in [-0.39, 0.29) is 0 Å². The molecule has 0 saturated carbocycles. The van der Waals surface area contributed by atoms with Crippen LogP contribution >= 0.6 is 11.8 Å². The lowest BCUT2D eigenvalue weighted by Gasteiger charge is -2.02. The molecule has 0 saturated heterocycles. The number of aromatic nitrogens is 1. The minimum Gasteiger partial charge on any atom is -0.361 e. The minimum absolute atomic E-state index is 0.298. The Bertz CT molecular complexity index is 199. The maximum absolute atomic E-state index is 5.60. The predicted molar refractivity (Wildman–Crippen MR) is 50.9 cm³/mol. The Morgan fingerprint density at radius 2 is 2.58 bits per heavy atom. The fraction of sp³-hybridized carbons (Fsp3) is 0.625. The number of hydrogen-bond donors (Lipinski definition) is 1. The third kappa shape index (κ3) is 3.78. The van der Waals surface area contributed by atoms with Gasteiger partial charge < -0.3 is 10.3 Å². The van der Waals surface area contributed by atoms with E-state index in [0.29, 0.717) is 6.04 Å². The van der Waals surface area contributed by atoms with Gasteiger partial charge in [-0.25, -0.2) is 0 Å². The van der Waals surface area contributed by atoms with Crippen LogP contribution in [0.3, 0.4) is 0 Å². The summed E-state index contributed by atoms with van der Waals surface area (Å²) in [5.74, 6) is 2.91. The topological polar surface area (TPSA) is 52.0 Å². The van der Waals surface area contributed by atoms with Crippen molar-refractivity contribution in [3.63, 3.8) is 0 Å². The van der Waals surface area contributed by atoms with Gasteiger partial charge in [-0.15, -0.1) is 0 Å². The first-order chi connectivity index (χ1) is 5.79. The molecule has 1 aromatic heterocycles. The highest BCUT2D eigenvalue weighted by molar-refractivity contribution is 7.98. The second-order valence-corrected chi connectivity index (χ2v) is 3.90. The molecule has 68 valence electrons. The molecule has 3 nitrogen and oxygen atoms in total. The van der Waals surface area contributed by atoms with Crippen LogP contribution < -0.4 is 5.73 Å². The van der Waals surface area contributed by atoms with Gasteiger partial charge in [0.1, 0.15) is 5.76 Å².